The van der Waals surface area contributed by atoms with Crippen LogP contribution in [0.5, 0.6) is 5.75 Å². The second-order valence-corrected chi connectivity index (χ2v) is 15.7. The van der Waals surface area contributed by atoms with E-state index in [1.165, 1.54) is 32.8 Å². The number of aryl methyl sites for hydroxylation is 1. The number of carbonyl (C=O) groups excluding carboxylic acids is 1. The molecule has 3 rings (SSSR count). The fourth-order valence-electron chi connectivity index (χ4n) is 4.36. The van der Waals surface area contributed by atoms with Crippen LogP contribution in [-0.4, -0.2) is 74.8 Å². The van der Waals surface area contributed by atoms with Gasteiger partial charge >= 0.3 is 5.97 Å². The van der Waals surface area contributed by atoms with E-state index >= 15 is 0 Å². The van der Waals surface area contributed by atoms with Gasteiger partial charge in [-0.15, -0.1) is 0 Å². The van der Waals surface area contributed by atoms with Crippen LogP contribution in [0.25, 0.3) is 5.57 Å². The Morgan fingerprint density at radius 3 is 2.30 bits per heavy atom. The minimum atomic E-state index is -0.616. The molecule has 0 radical (unpaired) electrons. The van der Waals surface area contributed by atoms with Crippen molar-refractivity contribution in [1.82, 2.24) is 4.90 Å². The number of ether oxygens (including phenoxy) is 3. The summed E-state index contributed by atoms with van der Waals surface area (Å²) in [4.78, 5) is 18.6. The molecule has 1 aliphatic rings. The fraction of sp³-hybridized carbons (Fsp3) is 0.515. The van der Waals surface area contributed by atoms with Gasteiger partial charge in [-0.25, -0.2) is 10.0 Å². The van der Waals surface area contributed by atoms with E-state index in [9.17, 15) is 4.79 Å². The Bertz CT molecular complexity index is 1100. The topological polar surface area (TPSA) is 60.4 Å². The molecule has 220 valence electrons. The number of hydrogen-bond acceptors (Lipinski definition) is 6. The largest absolute Gasteiger partial charge is 0.494 e. The Kier molecular flexibility index (Phi) is 13.1. The maximum atomic E-state index is 11.5. The van der Waals surface area contributed by atoms with Crippen LogP contribution < -0.4 is 4.74 Å². The summed E-state index contributed by atoms with van der Waals surface area (Å²) in [6, 6.07) is 16.6. The molecule has 40 heavy (non-hydrogen) atoms. The minimum absolute atomic E-state index is 0.194. The second kappa shape index (κ2) is 16.5. The predicted molar refractivity (Wildman–Crippen MR) is 170 cm³/mol. The molecule has 0 aliphatic carbocycles. The molecule has 0 saturated heterocycles. The van der Waals surface area contributed by atoms with E-state index < -0.39 is 10.0 Å². The summed E-state index contributed by atoms with van der Waals surface area (Å²) >= 11 is 0. The zero-order chi connectivity index (χ0) is 28.8. The molecule has 2 aromatic carbocycles. The first-order valence-electron chi connectivity index (χ1n) is 14.4. The summed E-state index contributed by atoms with van der Waals surface area (Å²) in [5.41, 5.74) is 4.42. The molecule has 0 saturated carbocycles. The van der Waals surface area contributed by atoms with Crippen molar-refractivity contribution in [2.45, 2.75) is 51.9 Å². The summed E-state index contributed by atoms with van der Waals surface area (Å²) in [5.74, 6) is 2.69. The van der Waals surface area contributed by atoms with Gasteiger partial charge in [-0.2, -0.15) is 0 Å². The van der Waals surface area contributed by atoms with Crippen LogP contribution in [0.4, 0.5) is 0 Å². The number of benzene rings is 2. The van der Waals surface area contributed by atoms with Gasteiger partial charge in [0.2, 0.25) is 0 Å². The quantitative estimate of drug-likeness (QED) is 0.153. The lowest BCUT2D eigenvalue weighted by Crippen LogP contribution is -2.33. The summed E-state index contributed by atoms with van der Waals surface area (Å²) in [6.07, 6.45) is 16.3. The van der Waals surface area contributed by atoms with Crippen molar-refractivity contribution in [3.63, 3.8) is 0 Å². The molecule has 0 bridgehead atoms. The molecule has 0 atom stereocenters. The van der Waals surface area contributed by atoms with Crippen LogP contribution in [0.2, 0.25) is 0 Å². The first-order valence-corrected chi connectivity index (χ1v) is 17.5. The Balaban J connectivity index is 1.66. The van der Waals surface area contributed by atoms with E-state index in [0.29, 0.717) is 26.1 Å². The lowest BCUT2D eigenvalue weighted by atomic mass is 10.0. The Morgan fingerprint density at radius 1 is 0.925 bits per heavy atom. The average molecular weight is 569 g/mol. The van der Waals surface area contributed by atoms with Crippen LogP contribution >= 0.6 is 10.0 Å². The number of nitrogens with zero attached hydrogens (tertiary/aromatic N) is 2. The standard InChI is InChI=1S/C33H48N2O4S/c1-6-7-8-9-10-21-39-31-18-16-28(17-19-31)30-24-34-33(35(25-30)26-38-22-23-40(3,4)5)29-14-11-27(12-15-29)13-20-32(36)37-2/h11-12,14-19,25H,6-10,13,20-24,26H2,1-5H3. The van der Waals surface area contributed by atoms with Gasteiger partial charge in [0.1, 0.15) is 18.3 Å². The lowest BCUT2D eigenvalue weighted by Gasteiger charge is -2.29. The van der Waals surface area contributed by atoms with Crippen molar-refractivity contribution < 1.29 is 19.0 Å². The summed E-state index contributed by atoms with van der Waals surface area (Å²) < 4.78 is 16.9. The number of methoxy groups -OCH3 is 1. The van der Waals surface area contributed by atoms with Gasteiger partial charge in [-0.05, 0) is 60.4 Å². The molecule has 2 aromatic rings. The Morgan fingerprint density at radius 2 is 1.62 bits per heavy atom. The second-order valence-electron chi connectivity index (χ2n) is 11.2. The third-order valence-corrected chi connectivity index (χ3v) is 8.24. The molecule has 0 amide bonds. The van der Waals surface area contributed by atoms with Crippen LogP contribution in [0.3, 0.4) is 0 Å². The van der Waals surface area contributed by atoms with Crippen molar-refractivity contribution in [3.8, 4) is 5.75 Å². The smallest absolute Gasteiger partial charge is 0.305 e. The van der Waals surface area contributed by atoms with Crippen molar-refractivity contribution in [3.05, 3.63) is 71.4 Å². The number of hydrogen-bond donors (Lipinski definition) is 0. The molecule has 7 heteroatoms. The number of esters is 1. The van der Waals surface area contributed by atoms with E-state index in [4.69, 9.17) is 19.2 Å². The number of rotatable bonds is 17. The molecule has 1 heterocycles. The first kappa shape index (κ1) is 31.8. The van der Waals surface area contributed by atoms with Crippen molar-refractivity contribution in [2.75, 3.05) is 58.1 Å². The molecule has 0 N–H and O–H groups in total. The monoisotopic (exact) mass is 568 g/mol. The third kappa shape index (κ3) is 11.0. The summed E-state index contributed by atoms with van der Waals surface area (Å²) in [6.45, 7) is 4.77. The highest BCUT2D eigenvalue weighted by molar-refractivity contribution is 8.32. The van der Waals surface area contributed by atoms with Gasteiger partial charge in [0.05, 0.1) is 26.9 Å². The fourth-order valence-corrected chi connectivity index (χ4v) is 4.98. The van der Waals surface area contributed by atoms with Crippen LogP contribution in [0.15, 0.2) is 59.7 Å². The van der Waals surface area contributed by atoms with Crippen molar-refractivity contribution >= 4 is 27.4 Å². The van der Waals surface area contributed by atoms with E-state index in [1.54, 1.807) is 0 Å². The number of unbranched alkanes of at least 4 members (excludes halogenated alkanes) is 4. The van der Waals surface area contributed by atoms with Gasteiger partial charge in [0, 0.05) is 23.9 Å². The molecule has 6 nitrogen and oxygen atoms in total. The van der Waals surface area contributed by atoms with E-state index in [1.807, 2.05) is 0 Å². The zero-order valence-corrected chi connectivity index (χ0v) is 25.9. The van der Waals surface area contributed by atoms with Crippen molar-refractivity contribution in [2.24, 2.45) is 4.99 Å². The first-order chi connectivity index (χ1) is 19.3. The third-order valence-electron chi connectivity index (χ3n) is 6.85. The number of carbonyl (C=O) groups is 1. The van der Waals surface area contributed by atoms with Crippen LogP contribution in [0.1, 0.15) is 62.1 Å². The average Bonchev–Trinajstić information content (AvgIpc) is 2.96. The Labute approximate surface area is 243 Å². The summed E-state index contributed by atoms with van der Waals surface area (Å²) in [7, 11) is 0.807. The van der Waals surface area contributed by atoms with Gasteiger partial charge in [0.25, 0.3) is 0 Å². The van der Waals surface area contributed by atoms with Crippen LogP contribution in [-0.2, 0) is 20.7 Å². The number of aliphatic imine (C=N–C) groups is 1. The highest BCUT2D eigenvalue weighted by Gasteiger charge is 2.19. The van der Waals surface area contributed by atoms with E-state index in [2.05, 4.69) is 85.3 Å². The van der Waals surface area contributed by atoms with Gasteiger partial charge < -0.3 is 19.1 Å². The molecule has 0 fully saturated rings. The molecular formula is C33H48N2O4S. The van der Waals surface area contributed by atoms with Crippen molar-refractivity contribution in [1.29, 1.82) is 0 Å². The minimum Gasteiger partial charge on any atom is -0.494 e. The van der Waals surface area contributed by atoms with E-state index in [0.717, 1.165) is 59.2 Å². The van der Waals surface area contributed by atoms with Gasteiger partial charge in [0.15, 0.2) is 0 Å². The maximum Gasteiger partial charge on any atom is 0.305 e. The zero-order valence-electron chi connectivity index (χ0n) is 25.1. The molecule has 0 unspecified atom stereocenters. The molecule has 0 aromatic heterocycles. The molecule has 1 aliphatic heterocycles. The summed E-state index contributed by atoms with van der Waals surface area (Å²) in [5, 5.41) is 0. The highest BCUT2D eigenvalue weighted by atomic mass is 32.3. The SMILES string of the molecule is CCCCCCCOc1ccc(C2=CN(COCCS(C)(C)C)C(c3ccc(CCC(=O)OC)cc3)=NC2)cc1. The van der Waals surface area contributed by atoms with E-state index in [-0.39, 0.29) is 5.97 Å². The number of amidine groups is 1. The maximum absolute atomic E-state index is 11.5. The normalized spacial score (nSPS) is 14.0. The molecular weight excluding hydrogens is 520 g/mol. The van der Waals surface area contributed by atoms with Gasteiger partial charge in [-0.1, -0.05) is 69.0 Å². The highest BCUT2D eigenvalue weighted by Crippen LogP contribution is 2.33. The molecule has 0 spiro atoms. The van der Waals surface area contributed by atoms with Gasteiger partial charge in [-0.3, -0.25) is 9.79 Å². The lowest BCUT2D eigenvalue weighted by molar-refractivity contribution is -0.140. The predicted octanol–water partition coefficient (Wildman–Crippen LogP) is 6.91. The Hall–Kier alpha value is -2.77. The van der Waals surface area contributed by atoms with Crippen LogP contribution in [0, 0.1) is 0 Å².